The number of hydrogen-bond acceptors (Lipinski definition) is 5. The molecule has 1 aromatic carbocycles. The highest BCUT2D eigenvalue weighted by Crippen LogP contribution is 2.28. The zero-order valence-electron chi connectivity index (χ0n) is 10.8. The summed E-state index contributed by atoms with van der Waals surface area (Å²) in [5.74, 6) is 0.772. The standard InChI is InChI=1S/C13H15N3OS2/c1-9(2)11(17)14-12-15-16-13(19-12)18-8-10-6-4-3-5-7-10/h3-7,9H,8H2,1-2H3,(H,14,15,17). The van der Waals surface area contributed by atoms with E-state index in [2.05, 4.69) is 27.6 Å². The van der Waals surface area contributed by atoms with Crippen molar-refractivity contribution in [2.24, 2.45) is 5.92 Å². The molecular formula is C13H15N3OS2. The van der Waals surface area contributed by atoms with Gasteiger partial charge in [-0.05, 0) is 5.56 Å². The molecule has 1 N–H and O–H groups in total. The van der Waals surface area contributed by atoms with Crippen LogP contribution in [0.2, 0.25) is 0 Å². The van der Waals surface area contributed by atoms with Gasteiger partial charge in [-0.2, -0.15) is 0 Å². The fourth-order valence-electron chi connectivity index (χ4n) is 1.29. The van der Waals surface area contributed by atoms with Crippen molar-refractivity contribution in [2.75, 3.05) is 5.32 Å². The molecule has 0 saturated carbocycles. The smallest absolute Gasteiger partial charge is 0.228 e. The van der Waals surface area contributed by atoms with Gasteiger partial charge < -0.3 is 5.32 Å². The predicted molar refractivity (Wildman–Crippen MR) is 79.4 cm³/mol. The number of aromatic nitrogens is 2. The number of carbonyl (C=O) groups excluding carboxylic acids is 1. The third-order valence-corrected chi connectivity index (χ3v) is 4.41. The molecule has 0 spiro atoms. The Morgan fingerprint density at radius 2 is 2.05 bits per heavy atom. The molecule has 1 aromatic heterocycles. The van der Waals surface area contributed by atoms with Crippen molar-refractivity contribution in [1.29, 1.82) is 0 Å². The molecule has 0 fully saturated rings. The van der Waals surface area contributed by atoms with Crippen LogP contribution in [0.3, 0.4) is 0 Å². The summed E-state index contributed by atoms with van der Waals surface area (Å²) in [6.07, 6.45) is 0. The molecule has 1 amide bonds. The van der Waals surface area contributed by atoms with E-state index >= 15 is 0 Å². The van der Waals surface area contributed by atoms with E-state index in [0.29, 0.717) is 5.13 Å². The number of benzene rings is 1. The number of nitrogens with zero attached hydrogens (tertiary/aromatic N) is 2. The minimum Gasteiger partial charge on any atom is -0.300 e. The highest BCUT2D eigenvalue weighted by atomic mass is 32.2. The summed E-state index contributed by atoms with van der Waals surface area (Å²) in [7, 11) is 0. The molecule has 0 aliphatic rings. The molecule has 1 heterocycles. The monoisotopic (exact) mass is 293 g/mol. The van der Waals surface area contributed by atoms with Crippen molar-refractivity contribution in [1.82, 2.24) is 10.2 Å². The van der Waals surface area contributed by atoms with Crippen LogP contribution in [0.4, 0.5) is 5.13 Å². The second kappa shape index (κ2) is 6.68. The van der Waals surface area contributed by atoms with Crippen LogP contribution < -0.4 is 5.32 Å². The molecule has 0 bridgehead atoms. The Morgan fingerprint density at radius 1 is 1.32 bits per heavy atom. The molecule has 0 aliphatic heterocycles. The molecule has 0 atom stereocenters. The summed E-state index contributed by atoms with van der Waals surface area (Å²) in [4.78, 5) is 11.5. The lowest BCUT2D eigenvalue weighted by atomic mass is 10.2. The number of anilines is 1. The zero-order chi connectivity index (χ0) is 13.7. The lowest BCUT2D eigenvalue weighted by Crippen LogP contribution is -2.17. The molecule has 0 aliphatic carbocycles. The molecule has 0 unspecified atom stereocenters. The van der Waals surface area contributed by atoms with Crippen LogP contribution in [0.1, 0.15) is 19.4 Å². The van der Waals surface area contributed by atoms with Gasteiger partial charge in [-0.1, -0.05) is 67.3 Å². The van der Waals surface area contributed by atoms with Crippen LogP contribution in [0, 0.1) is 5.92 Å². The van der Waals surface area contributed by atoms with Gasteiger partial charge in [0.05, 0.1) is 0 Å². The van der Waals surface area contributed by atoms with Crippen LogP contribution >= 0.6 is 23.1 Å². The first-order valence-corrected chi connectivity index (χ1v) is 7.76. The molecule has 0 radical (unpaired) electrons. The maximum Gasteiger partial charge on any atom is 0.228 e. The third-order valence-electron chi connectivity index (χ3n) is 2.37. The van der Waals surface area contributed by atoms with Crippen molar-refractivity contribution >= 4 is 34.1 Å². The SMILES string of the molecule is CC(C)C(=O)Nc1nnc(SCc2ccccc2)s1. The summed E-state index contributed by atoms with van der Waals surface area (Å²) < 4.78 is 0.864. The Labute approximate surface area is 120 Å². The van der Waals surface area contributed by atoms with Gasteiger partial charge in [0.15, 0.2) is 4.34 Å². The number of carbonyl (C=O) groups is 1. The van der Waals surface area contributed by atoms with Gasteiger partial charge in [-0.3, -0.25) is 4.79 Å². The van der Waals surface area contributed by atoms with E-state index in [9.17, 15) is 4.79 Å². The third kappa shape index (κ3) is 4.33. The number of nitrogens with one attached hydrogen (secondary N) is 1. The minimum atomic E-state index is -0.0516. The number of thioether (sulfide) groups is 1. The highest BCUT2D eigenvalue weighted by Gasteiger charge is 2.11. The van der Waals surface area contributed by atoms with E-state index in [1.54, 1.807) is 11.8 Å². The Bertz CT molecular complexity index is 540. The summed E-state index contributed by atoms with van der Waals surface area (Å²) >= 11 is 3.03. The summed E-state index contributed by atoms with van der Waals surface area (Å²) in [6, 6.07) is 10.2. The average Bonchev–Trinajstić information content (AvgIpc) is 2.85. The average molecular weight is 293 g/mol. The molecule has 6 heteroatoms. The number of amides is 1. The first kappa shape index (κ1) is 14.0. The van der Waals surface area contributed by atoms with Crippen LogP contribution in [-0.4, -0.2) is 16.1 Å². The van der Waals surface area contributed by atoms with Gasteiger partial charge in [0.2, 0.25) is 11.0 Å². The fourth-order valence-corrected chi connectivity index (χ4v) is 3.00. The van der Waals surface area contributed by atoms with E-state index in [1.165, 1.54) is 16.9 Å². The molecule has 100 valence electrons. The molecule has 4 nitrogen and oxygen atoms in total. The Kier molecular flexibility index (Phi) is 4.93. The summed E-state index contributed by atoms with van der Waals surface area (Å²) in [5, 5.41) is 11.3. The van der Waals surface area contributed by atoms with E-state index in [1.807, 2.05) is 32.0 Å². The zero-order valence-corrected chi connectivity index (χ0v) is 12.4. The van der Waals surface area contributed by atoms with Crippen LogP contribution in [-0.2, 0) is 10.5 Å². The van der Waals surface area contributed by atoms with Gasteiger partial charge in [0.1, 0.15) is 0 Å². The second-order valence-electron chi connectivity index (χ2n) is 4.29. The van der Waals surface area contributed by atoms with Crippen molar-refractivity contribution < 1.29 is 4.79 Å². The quantitative estimate of drug-likeness (QED) is 0.678. The highest BCUT2D eigenvalue weighted by molar-refractivity contribution is 8.00. The van der Waals surface area contributed by atoms with Crippen LogP contribution in [0.25, 0.3) is 0 Å². The topological polar surface area (TPSA) is 54.9 Å². The van der Waals surface area contributed by atoms with Crippen LogP contribution in [0.15, 0.2) is 34.7 Å². The minimum absolute atomic E-state index is 0.0317. The Balaban J connectivity index is 1.89. The first-order chi connectivity index (χ1) is 9.15. The molecule has 19 heavy (non-hydrogen) atoms. The lowest BCUT2D eigenvalue weighted by Gasteiger charge is -2.02. The van der Waals surface area contributed by atoms with E-state index in [4.69, 9.17) is 0 Å². The second-order valence-corrected chi connectivity index (χ2v) is 6.49. The van der Waals surface area contributed by atoms with Gasteiger partial charge >= 0.3 is 0 Å². The van der Waals surface area contributed by atoms with Crippen molar-refractivity contribution in [2.45, 2.75) is 23.9 Å². The fraction of sp³-hybridized carbons (Fsp3) is 0.308. The van der Waals surface area contributed by atoms with Crippen molar-refractivity contribution in [3.8, 4) is 0 Å². The Morgan fingerprint density at radius 3 is 2.74 bits per heavy atom. The molecule has 0 saturated heterocycles. The lowest BCUT2D eigenvalue weighted by molar-refractivity contribution is -0.118. The molecule has 2 rings (SSSR count). The maximum absolute atomic E-state index is 11.5. The van der Waals surface area contributed by atoms with Gasteiger partial charge in [0, 0.05) is 11.7 Å². The number of hydrogen-bond donors (Lipinski definition) is 1. The van der Waals surface area contributed by atoms with Gasteiger partial charge in [0.25, 0.3) is 0 Å². The van der Waals surface area contributed by atoms with Gasteiger partial charge in [-0.15, -0.1) is 10.2 Å². The van der Waals surface area contributed by atoms with Gasteiger partial charge in [-0.25, -0.2) is 0 Å². The predicted octanol–water partition coefficient (Wildman–Crippen LogP) is 3.42. The van der Waals surface area contributed by atoms with Crippen molar-refractivity contribution in [3.63, 3.8) is 0 Å². The Hall–Kier alpha value is -1.40. The molecular weight excluding hydrogens is 278 g/mol. The number of rotatable bonds is 5. The van der Waals surface area contributed by atoms with E-state index in [-0.39, 0.29) is 11.8 Å². The van der Waals surface area contributed by atoms with Crippen LogP contribution in [0.5, 0.6) is 0 Å². The van der Waals surface area contributed by atoms with E-state index < -0.39 is 0 Å². The normalized spacial score (nSPS) is 10.7. The largest absolute Gasteiger partial charge is 0.300 e. The van der Waals surface area contributed by atoms with E-state index in [0.717, 1.165) is 10.1 Å². The molecule has 2 aromatic rings. The summed E-state index contributed by atoms with van der Waals surface area (Å²) in [6.45, 7) is 3.70. The van der Waals surface area contributed by atoms with Crippen molar-refractivity contribution in [3.05, 3.63) is 35.9 Å². The maximum atomic E-state index is 11.5. The summed E-state index contributed by atoms with van der Waals surface area (Å²) in [5.41, 5.74) is 1.25. The first-order valence-electron chi connectivity index (χ1n) is 5.96.